The third kappa shape index (κ3) is 10.2. The van der Waals surface area contributed by atoms with Crippen LogP contribution in [-0.2, 0) is 36.3 Å². The van der Waals surface area contributed by atoms with Crippen molar-refractivity contribution in [3.8, 4) is 0 Å². The molecule has 47 heavy (non-hydrogen) atoms. The van der Waals surface area contributed by atoms with Crippen molar-refractivity contribution in [1.29, 1.82) is 0 Å². The van der Waals surface area contributed by atoms with E-state index in [1.807, 2.05) is 13.8 Å². The van der Waals surface area contributed by atoms with Crippen molar-refractivity contribution in [3.63, 3.8) is 0 Å². The number of hydrogen-bond donors (Lipinski definition) is 6. The Bertz CT molecular complexity index is 1650. The minimum absolute atomic E-state index is 0.0841. The van der Waals surface area contributed by atoms with Gasteiger partial charge in [0.2, 0.25) is 11.8 Å². The molecule has 0 saturated heterocycles. The lowest BCUT2D eigenvalue weighted by Gasteiger charge is -2.20. The number of aryl methyl sites for hydroxylation is 1. The van der Waals surface area contributed by atoms with Crippen LogP contribution in [0.5, 0.6) is 0 Å². The number of rotatable bonds is 17. The van der Waals surface area contributed by atoms with E-state index in [-0.39, 0.29) is 44.4 Å². The molecule has 0 aliphatic carbocycles. The minimum atomic E-state index is -4.87. The first-order chi connectivity index (χ1) is 22.3. The van der Waals surface area contributed by atoms with Crippen molar-refractivity contribution in [1.82, 2.24) is 15.6 Å². The maximum Gasteiger partial charge on any atom is 0.265 e. The van der Waals surface area contributed by atoms with Crippen molar-refractivity contribution in [2.75, 3.05) is 25.1 Å². The maximum absolute atomic E-state index is 13.9. The molecule has 0 radical (unpaired) electrons. The maximum atomic E-state index is 13.9. The Balaban J connectivity index is 1.32. The zero-order valence-corrected chi connectivity index (χ0v) is 27.0. The first-order valence-corrected chi connectivity index (χ1v) is 16.7. The van der Waals surface area contributed by atoms with Crippen molar-refractivity contribution in [2.24, 2.45) is 5.92 Å². The molecule has 4 rings (SSSR count). The van der Waals surface area contributed by atoms with Gasteiger partial charge in [-0.2, -0.15) is 0 Å². The van der Waals surface area contributed by atoms with Gasteiger partial charge in [-0.3, -0.25) is 18.9 Å². The lowest BCUT2D eigenvalue weighted by atomic mass is 10.0. The molecule has 1 aliphatic rings. The number of furan rings is 1. The number of amides is 3. The zero-order valence-electron chi connectivity index (χ0n) is 26.1. The summed E-state index contributed by atoms with van der Waals surface area (Å²) in [4.78, 5) is 61.5. The second kappa shape index (κ2) is 16.2. The lowest BCUT2D eigenvalue weighted by molar-refractivity contribution is -0.221. The molecule has 0 saturated carbocycles. The summed E-state index contributed by atoms with van der Waals surface area (Å²) in [5, 5.41) is 17.7. The summed E-state index contributed by atoms with van der Waals surface area (Å²) in [6, 6.07) is 6.60. The molecule has 0 fully saturated rings. The van der Waals surface area contributed by atoms with E-state index in [0.717, 1.165) is 16.8 Å². The number of hydrogen-bond acceptors (Lipinski definition) is 8. The Hall–Kier alpha value is -4.07. The molecule has 15 heteroatoms. The number of anilines is 1. The molecule has 3 aromatic rings. The highest BCUT2D eigenvalue weighted by Gasteiger charge is 2.26. The Morgan fingerprint density at radius 1 is 1.23 bits per heavy atom. The molecule has 1 aromatic carbocycles. The summed E-state index contributed by atoms with van der Waals surface area (Å²) in [6.07, 6.45) is 5.21. The quantitative estimate of drug-likeness (QED) is 0.0707. The number of H-pyrrole nitrogens is 1. The lowest BCUT2D eigenvalue weighted by Crippen LogP contribution is -2.48. The van der Waals surface area contributed by atoms with E-state index in [4.69, 9.17) is 9.31 Å². The third-order valence-electron chi connectivity index (χ3n) is 7.99. The van der Waals surface area contributed by atoms with Crippen LogP contribution in [-0.4, -0.2) is 58.5 Å². The van der Waals surface area contributed by atoms with Crippen LogP contribution < -0.4 is 20.8 Å². The van der Waals surface area contributed by atoms with E-state index < -0.39 is 31.5 Å². The Labute approximate surface area is 271 Å². The SMILES string of the molecule is Cc1[nH]c(/C=C2\C(=O)Nc3ccc(F)cc32)c(C)c1CCC(=O)NC(Cc1ccco1)C(=O)NCCCCC(CO)COP(=O)([O-])O. The number of nitrogens with one attached hydrogen (secondary N) is 4. The molecule has 3 heterocycles. The summed E-state index contributed by atoms with van der Waals surface area (Å²) in [5.74, 6) is -1.51. The van der Waals surface area contributed by atoms with Gasteiger partial charge in [0, 0.05) is 54.5 Å². The van der Waals surface area contributed by atoms with Gasteiger partial charge >= 0.3 is 0 Å². The van der Waals surface area contributed by atoms with Crippen molar-refractivity contribution in [3.05, 3.63) is 76.3 Å². The van der Waals surface area contributed by atoms with Gasteiger partial charge in [-0.25, -0.2) is 4.39 Å². The standard InChI is InChI=1S/C32H40FN4O9P/c1-19-24(20(2)35-28(19)16-26-25-14-22(33)8-10-27(25)37-31(26)40)9-11-30(39)36-29(15-23-7-5-13-45-23)32(41)34-12-4-3-6-21(17-38)18-46-47(42,43)44/h5,7-8,10,13-14,16,21,29,35,38H,3-4,6,9,11-12,15,17-18H2,1-2H3,(H,34,41)(H,36,39)(H,37,40)(H2,42,43,44)/p-1/b26-16-. The van der Waals surface area contributed by atoms with Crippen molar-refractivity contribution < 1.29 is 47.2 Å². The number of fused-ring (bicyclic) bond motifs is 1. The van der Waals surface area contributed by atoms with Crippen molar-refractivity contribution >= 4 is 42.9 Å². The number of aromatic nitrogens is 1. The number of aliphatic hydroxyl groups excluding tert-OH is 1. The number of carbonyl (C=O) groups excluding carboxylic acids is 3. The summed E-state index contributed by atoms with van der Waals surface area (Å²) in [6.45, 7) is 3.35. The van der Waals surface area contributed by atoms with Crippen LogP contribution in [0.2, 0.25) is 0 Å². The number of halogens is 1. The Morgan fingerprint density at radius 3 is 2.72 bits per heavy atom. The van der Waals surface area contributed by atoms with Gasteiger partial charge in [0.05, 0.1) is 18.4 Å². The average molecular weight is 674 g/mol. The number of benzene rings is 1. The molecule has 3 unspecified atom stereocenters. The first-order valence-electron chi connectivity index (χ1n) is 15.2. The molecule has 0 bridgehead atoms. The zero-order chi connectivity index (χ0) is 34.1. The Kier molecular flexibility index (Phi) is 12.3. The predicted molar refractivity (Wildman–Crippen MR) is 169 cm³/mol. The van der Waals surface area contributed by atoms with Gasteiger partial charge in [-0.1, -0.05) is 6.42 Å². The number of carbonyl (C=O) groups is 3. The van der Waals surface area contributed by atoms with E-state index in [0.29, 0.717) is 54.0 Å². The molecule has 0 spiro atoms. The smallest absolute Gasteiger partial charge is 0.265 e. The van der Waals surface area contributed by atoms with E-state index in [9.17, 15) is 33.3 Å². The number of aliphatic hydroxyl groups is 1. The fourth-order valence-electron chi connectivity index (χ4n) is 5.45. The van der Waals surface area contributed by atoms with Crippen LogP contribution in [0.4, 0.5) is 10.1 Å². The number of aromatic amines is 1. The van der Waals surface area contributed by atoms with Crippen LogP contribution in [0.3, 0.4) is 0 Å². The molecule has 13 nitrogen and oxygen atoms in total. The van der Waals surface area contributed by atoms with Gasteiger partial charge in [-0.15, -0.1) is 0 Å². The molecular formula is C32H39FN4O9P-. The average Bonchev–Trinajstić information content (AvgIpc) is 3.70. The third-order valence-corrected chi connectivity index (χ3v) is 8.47. The highest BCUT2D eigenvalue weighted by molar-refractivity contribution is 7.44. The first kappa shape index (κ1) is 35.8. The largest absolute Gasteiger partial charge is 0.756 e. The molecule has 1 aliphatic heterocycles. The van der Waals surface area contributed by atoms with Crippen molar-refractivity contribution in [2.45, 2.75) is 58.4 Å². The van der Waals surface area contributed by atoms with Gasteiger partial charge in [0.25, 0.3) is 13.7 Å². The fraction of sp³-hybridized carbons (Fsp3) is 0.406. The second-order valence-electron chi connectivity index (χ2n) is 11.5. The summed E-state index contributed by atoms with van der Waals surface area (Å²) < 4.78 is 34.4. The summed E-state index contributed by atoms with van der Waals surface area (Å²) in [7, 11) is -4.87. The van der Waals surface area contributed by atoms with Gasteiger partial charge in [-0.05, 0) is 80.6 Å². The van der Waals surface area contributed by atoms with E-state index >= 15 is 0 Å². The monoisotopic (exact) mass is 673 g/mol. The van der Waals surface area contributed by atoms with E-state index in [2.05, 4.69) is 25.5 Å². The van der Waals surface area contributed by atoms with Gasteiger partial charge < -0.3 is 44.8 Å². The highest BCUT2D eigenvalue weighted by atomic mass is 31.2. The molecule has 3 atom stereocenters. The fourth-order valence-corrected chi connectivity index (χ4v) is 5.85. The Morgan fingerprint density at radius 2 is 2.02 bits per heavy atom. The molecular weight excluding hydrogens is 634 g/mol. The normalized spacial score (nSPS) is 16.0. The number of unbranched alkanes of at least 4 members (excludes halogenated alkanes) is 1. The summed E-state index contributed by atoms with van der Waals surface area (Å²) in [5.41, 5.74) is 4.57. The highest BCUT2D eigenvalue weighted by Crippen LogP contribution is 2.35. The van der Waals surface area contributed by atoms with E-state index in [1.54, 1.807) is 18.2 Å². The number of phosphoric acid groups is 1. The van der Waals surface area contributed by atoms with Gasteiger partial charge in [0.15, 0.2) is 0 Å². The van der Waals surface area contributed by atoms with E-state index in [1.165, 1.54) is 24.5 Å². The molecule has 6 N–H and O–H groups in total. The molecule has 254 valence electrons. The predicted octanol–water partition coefficient (Wildman–Crippen LogP) is 2.89. The van der Waals surface area contributed by atoms with Crippen LogP contribution in [0.15, 0.2) is 41.0 Å². The van der Waals surface area contributed by atoms with Crippen LogP contribution in [0.1, 0.15) is 59.5 Å². The van der Waals surface area contributed by atoms with Gasteiger partial charge in [0.1, 0.15) is 17.6 Å². The molecule has 3 amide bonds. The topological polar surface area (TPSA) is 206 Å². The number of phosphoric ester groups is 1. The van der Waals surface area contributed by atoms with Crippen LogP contribution >= 0.6 is 7.82 Å². The van der Waals surface area contributed by atoms with Crippen LogP contribution in [0, 0.1) is 25.6 Å². The van der Waals surface area contributed by atoms with Crippen LogP contribution in [0.25, 0.3) is 11.6 Å². The summed E-state index contributed by atoms with van der Waals surface area (Å²) >= 11 is 0. The second-order valence-corrected chi connectivity index (χ2v) is 12.7. The minimum Gasteiger partial charge on any atom is -0.756 e. The molecule has 2 aromatic heterocycles.